The molecule has 8 nitrogen and oxygen atoms in total. The molecule has 1 aromatic carbocycles. The number of nitrogens with one attached hydrogen (secondary N) is 1. The molecule has 1 heterocycles. The minimum atomic E-state index is -4.61. The second-order valence-corrected chi connectivity index (χ2v) is 10.6. The summed E-state index contributed by atoms with van der Waals surface area (Å²) in [5.41, 5.74) is -0.419. The molecule has 0 aliphatic carbocycles. The number of aryl methyl sites for hydroxylation is 1. The van der Waals surface area contributed by atoms with Gasteiger partial charge in [0.1, 0.15) is 23.1 Å². The van der Waals surface area contributed by atoms with Crippen LogP contribution in [0.1, 0.15) is 57.1 Å². The van der Waals surface area contributed by atoms with E-state index >= 15 is 0 Å². The minimum absolute atomic E-state index is 0.0572. The van der Waals surface area contributed by atoms with E-state index in [0.29, 0.717) is 43.6 Å². The largest absolute Gasteiger partial charge is 0.491 e. The van der Waals surface area contributed by atoms with Crippen LogP contribution >= 0.6 is 11.6 Å². The Labute approximate surface area is 225 Å². The molecule has 0 fully saturated rings. The van der Waals surface area contributed by atoms with Crippen molar-refractivity contribution in [1.29, 1.82) is 0 Å². The molecule has 0 aliphatic heterocycles. The van der Waals surface area contributed by atoms with Crippen molar-refractivity contribution in [2.75, 3.05) is 25.6 Å². The van der Waals surface area contributed by atoms with Gasteiger partial charge in [-0.25, -0.2) is 13.4 Å². The third kappa shape index (κ3) is 11.0. The first-order chi connectivity index (χ1) is 17.9. The molecular weight excluding hydrogens is 549 g/mol. The number of carbonyl (C=O) groups is 1. The Morgan fingerprint density at radius 1 is 1.11 bits per heavy atom. The molecule has 0 bridgehead atoms. The second kappa shape index (κ2) is 15.1. The van der Waals surface area contributed by atoms with Crippen molar-refractivity contribution in [2.24, 2.45) is 0 Å². The molecule has 0 spiro atoms. The van der Waals surface area contributed by atoms with Crippen molar-refractivity contribution in [3.63, 3.8) is 0 Å². The number of alkyl halides is 3. The lowest BCUT2D eigenvalue weighted by Gasteiger charge is -2.15. The minimum Gasteiger partial charge on any atom is -0.491 e. The maximum Gasteiger partial charge on any atom is 0.417 e. The van der Waals surface area contributed by atoms with E-state index in [1.807, 2.05) is 13.8 Å². The number of sulfonamides is 1. The van der Waals surface area contributed by atoms with Gasteiger partial charge in [-0.05, 0) is 43.9 Å². The molecule has 13 heteroatoms. The maximum atomic E-state index is 13.0. The number of rotatable bonds is 16. The SMILES string of the molecule is CCCCCS(=O)(=O)NC(=O)CCCc1ccc(OCCOCC)cc1Oc1ncc(C(F)(F)F)cc1Cl. The van der Waals surface area contributed by atoms with Crippen LogP contribution in [0.15, 0.2) is 30.5 Å². The van der Waals surface area contributed by atoms with Gasteiger partial charge in [-0.2, -0.15) is 13.2 Å². The van der Waals surface area contributed by atoms with Crippen LogP contribution < -0.4 is 14.2 Å². The standard InChI is InChI=1S/C25H32ClF3N2O6S/c1-3-5-6-14-38(33,34)31-23(32)9-7-8-18-10-11-20(36-13-12-35-4-2)16-22(18)37-24-21(26)15-19(17-30-24)25(27,28)29/h10-11,15-17H,3-9,12-14H2,1-2H3,(H,31,32). The summed E-state index contributed by atoms with van der Waals surface area (Å²) in [6.45, 7) is 4.95. The predicted octanol–water partition coefficient (Wildman–Crippen LogP) is 5.92. The van der Waals surface area contributed by atoms with Crippen molar-refractivity contribution < 1.29 is 40.6 Å². The molecule has 2 rings (SSSR count). The zero-order chi connectivity index (χ0) is 28.2. The molecule has 2 aromatic rings. The van der Waals surface area contributed by atoms with Gasteiger partial charge in [-0.3, -0.25) is 9.52 Å². The normalized spacial score (nSPS) is 11.8. The van der Waals surface area contributed by atoms with Gasteiger partial charge in [0.2, 0.25) is 21.8 Å². The molecule has 0 saturated carbocycles. The van der Waals surface area contributed by atoms with Gasteiger partial charge in [0.25, 0.3) is 0 Å². The number of halogens is 4. The van der Waals surface area contributed by atoms with Crippen LogP contribution in [0.3, 0.4) is 0 Å². The summed E-state index contributed by atoms with van der Waals surface area (Å²) in [6, 6.07) is 5.61. The van der Waals surface area contributed by atoms with Crippen LogP contribution in [-0.4, -0.2) is 44.9 Å². The maximum absolute atomic E-state index is 13.0. The van der Waals surface area contributed by atoms with Gasteiger partial charge in [0, 0.05) is 25.3 Å². The summed E-state index contributed by atoms with van der Waals surface area (Å²) in [5, 5.41) is -0.332. The van der Waals surface area contributed by atoms with Gasteiger partial charge in [0.05, 0.1) is 17.9 Å². The van der Waals surface area contributed by atoms with Crippen LogP contribution in [0.5, 0.6) is 17.4 Å². The highest BCUT2D eigenvalue weighted by Crippen LogP contribution is 2.36. The monoisotopic (exact) mass is 580 g/mol. The van der Waals surface area contributed by atoms with Crippen molar-refractivity contribution in [2.45, 2.75) is 58.5 Å². The van der Waals surface area contributed by atoms with E-state index in [1.54, 1.807) is 12.1 Å². The number of hydrogen-bond donors (Lipinski definition) is 1. The number of carbonyl (C=O) groups excluding carboxylic acids is 1. The predicted molar refractivity (Wildman–Crippen MR) is 137 cm³/mol. The van der Waals surface area contributed by atoms with E-state index in [-0.39, 0.29) is 41.9 Å². The molecular formula is C25H32ClF3N2O6S. The van der Waals surface area contributed by atoms with E-state index in [9.17, 15) is 26.4 Å². The van der Waals surface area contributed by atoms with Gasteiger partial charge >= 0.3 is 6.18 Å². The van der Waals surface area contributed by atoms with Crippen LogP contribution in [0.4, 0.5) is 13.2 Å². The molecule has 1 aromatic heterocycles. The van der Waals surface area contributed by atoms with Gasteiger partial charge in [0.15, 0.2) is 0 Å². The zero-order valence-corrected chi connectivity index (χ0v) is 22.8. The average molecular weight is 581 g/mol. The van der Waals surface area contributed by atoms with Crippen molar-refractivity contribution in [3.05, 3.63) is 46.6 Å². The highest BCUT2D eigenvalue weighted by Gasteiger charge is 2.32. The third-order valence-corrected chi connectivity index (χ3v) is 6.85. The summed E-state index contributed by atoms with van der Waals surface area (Å²) in [5.74, 6) is -0.324. The van der Waals surface area contributed by atoms with Gasteiger partial charge in [-0.15, -0.1) is 0 Å². The number of nitrogens with zero attached hydrogens (tertiary/aromatic N) is 1. The summed E-state index contributed by atoms with van der Waals surface area (Å²) in [4.78, 5) is 15.9. The summed E-state index contributed by atoms with van der Waals surface area (Å²) in [7, 11) is -3.69. The molecule has 0 saturated heterocycles. The van der Waals surface area contributed by atoms with Crippen molar-refractivity contribution in [1.82, 2.24) is 9.71 Å². The fraction of sp³-hybridized carbons (Fsp3) is 0.520. The number of unbranched alkanes of at least 4 members (excludes halogenated alkanes) is 2. The van der Waals surface area contributed by atoms with Crippen molar-refractivity contribution >= 4 is 27.5 Å². The lowest BCUT2D eigenvalue weighted by Crippen LogP contribution is -2.32. The number of hydrogen-bond acceptors (Lipinski definition) is 7. The molecule has 0 aliphatic rings. The van der Waals surface area contributed by atoms with Crippen LogP contribution in [0.2, 0.25) is 5.02 Å². The summed E-state index contributed by atoms with van der Waals surface area (Å²) < 4.78 is 81.6. The average Bonchev–Trinajstić information content (AvgIpc) is 2.83. The molecule has 1 N–H and O–H groups in total. The van der Waals surface area contributed by atoms with E-state index in [2.05, 4.69) is 9.71 Å². The number of amides is 1. The Kier molecular flexibility index (Phi) is 12.6. The molecule has 212 valence electrons. The number of benzene rings is 1. The fourth-order valence-corrected chi connectivity index (χ4v) is 4.65. The van der Waals surface area contributed by atoms with Gasteiger partial charge in [-0.1, -0.05) is 37.4 Å². The Morgan fingerprint density at radius 3 is 2.53 bits per heavy atom. The van der Waals surface area contributed by atoms with E-state index in [0.717, 1.165) is 18.9 Å². The first-order valence-corrected chi connectivity index (χ1v) is 14.3. The molecule has 0 radical (unpaired) electrons. The summed E-state index contributed by atoms with van der Waals surface area (Å²) in [6.07, 6.45) is -1.38. The van der Waals surface area contributed by atoms with E-state index in [4.69, 9.17) is 25.8 Å². The molecule has 0 atom stereocenters. The number of aromatic nitrogens is 1. The number of ether oxygens (including phenoxy) is 3. The van der Waals surface area contributed by atoms with Crippen LogP contribution in [0, 0.1) is 0 Å². The number of pyridine rings is 1. The van der Waals surface area contributed by atoms with Gasteiger partial charge < -0.3 is 14.2 Å². The Balaban J connectivity index is 2.12. The molecule has 0 unspecified atom stereocenters. The van der Waals surface area contributed by atoms with E-state index < -0.39 is 27.7 Å². The van der Waals surface area contributed by atoms with E-state index in [1.165, 1.54) is 6.07 Å². The first-order valence-electron chi connectivity index (χ1n) is 12.2. The quantitative estimate of drug-likeness (QED) is 0.246. The summed E-state index contributed by atoms with van der Waals surface area (Å²) >= 11 is 6.00. The topological polar surface area (TPSA) is 104 Å². The highest BCUT2D eigenvalue weighted by atomic mass is 35.5. The molecule has 1 amide bonds. The Morgan fingerprint density at radius 2 is 1.87 bits per heavy atom. The van der Waals surface area contributed by atoms with Crippen molar-refractivity contribution in [3.8, 4) is 17.4 Å². The second-order valence-electron chi connectivity index (χ2n) is 8.33. The first kappa shape index (κ1) is 31.6. The van der Waals surface area contributed by atoms with Crippen LogP contribution in [-0.2, 0) is 32.2 Å². The lowest BCUT2D eigenvalue weighted by atomic mass is 10.1. The Hall–Kier alpha value is -2.57. The zero-order valence-electron chi connectivity index (χ0n) is 21.3. The Bertz CT molecular complexity index is 1160. The van der Waals surface area contributed by atoms with Crippen LogP contribution in [0.25, 0.3) is 0 Å². The fourth-order valence-electron chi connectivity index (χ4n) is 3.31. The third-order valence-electron chi connectivity index (χ3n) is 5.22. The highest BCUT2D eigenvalue weighted by molar-refractivity contribution is 7.90. The lowest BCUT2D eigenvalue weighted by molar-refractivity contribution is -0.137. The smallest absolute Gasteiger partial charge is 0.417 e. The molecule has 38 heavy (non-hydrogen) atoms.